The Morgan fingerprint density at radius 2 is 1.96 bits per heavy atom. The highest BCUT2D eigenvalue weighted by atomic mass is 19.1. The maximum atomic E-state index is 13.6. The summed E-state index contributed by atoms with van der Waals surface area (Å²) in [5, 5.41) is 4.87. The Labute approximate surface area is 151 Å². The van der Waals surface area contributed by atoms with Gasteiger partial charge in [0, 0.05) is 6.04 Å². The summed E-state index contributed by atoms with van der Waals surface area (Å²) in [4.78, 5) is 35.6. The van der Waals surface area contributed by atoms with Crippen LogP contribution < -0.4 is 15.4 Å². The summed E-state index contributed by atoms with van der Waals surface area (Å²) in [6, 6.07) is 3.58. The van der Waals surface area contributed by atoms with Crippen LogP contribution in [-0.2, 0) is 20.7 Å². The number of benzene rings is 1. The van der Waals surface area contributed by atoms with Crippen molar-refractivity contribution >= 4 is 17.9 Å². The predicted molar refractivity (Wildman–Crippen MR) is 91.1 cm³/mol. The van der Waals surface area contributed by atoms with E-state index < -0.39 is 29.8 Å². The summed E-state index contributed by atoms with van der Waals surface area (Å²) in [7, 11) is 1.34. The highest BCUT2D eigenvalue weighted by Gasteiger charge is 2.22. The van der Waals surface area contributed by atoms with Crippen LogP contribution in [0.4, 0.5) is 9.18 Å². The molecule has 2 rings (SSSR count). The second-order valence-corrected chi connectivity index (χ2v) is 6.22. The maximum absolute atomic E-state index is 13.6. The number of methoxy groups -OCH3 is 1. The number of nitrogens with one attached hydrogen (secondary N) is 2. The van der Waals surface area contributed by atoms with Gasteiger partial charge in [0.25, 0.3) is 5.91 Å². The van der Waals surface area contributed by atoms with E-state index in [-0.39, 0.29) is 18.2 Å². The lowest BCUT2D eigenvalue weighted by atomic mass is 10.1. The Morgan fingerprint density at radius 1 is 1.27 bits per heavy atom. The summed E-state index contributed by atoms with van der Waals surface area (Å²) in [5.74, 6) is -1.93. The fraction of sp³-hybridized carbons (Fsp3) is 0.500. The van der Waals surface area contributed by atoms with Crippen LogP contribution in [0.2, 0.25) is 0 Å². The van der Waals surface area contributed by atoms with E-state index >= 15 is 0 Å². The number of imide groups is 1. The molecule has 8 heteroatoms. The molecule has 0 aromatic heterocycles. The van der Waals surface area contributed by atoms with Crippen molar-refractivity contribution in [2.45, 2.75) is 51.2 Å². The first-order valence-electron chi connectivity index (χ1n) is 8.52. The van der Waals surface area contributed by atoms with E-state index in [4.69, 9.17) is 9.47 Å². The van der Waals surface area contributed by atoms with E-state index in [2.05, 4.69) is 10.6 Å². The molecule has 0 unspecified atom stereocenters. The number of carbonyl (C=O) groups excluding carboxylic acids is 3. The number of hydrogen-bond donors (Lipinski definition) is 2. The van der Waals surface area contributed by atoms with Gasteiger partial charge in [0.2, 0.25) is 0 Å². The van der Waals surface area contributed by atoms with Gasteiger partial charge in [0.1, 0.15) is 0 Å². The molecule has 1 atom stereocenters. The number of urea groups is 1. The Morgan fingerprint density at radius 3 is 2.58 bits per heavy atom. The van der Waals surface area contributed by atoms with Gasteiger partial charge in [-0.1, -0.05) is 18.9 Å². The molecule has 0 radical (unpaired) electrons. The molecule has 0 saturated heterocycles. The Hall–Kier alpha value is -2.64. The van der Waals surface area contributed by atoms with Crippen molar-refractivity contribution in [1.29, 1.82) is 0 Å². The smallest absolute Gasteiger partial charge is 0.321 e. The molecule has 1 saturated carbocycles. The highest BCUT2D eigenvalue weighted by molar-refractivity contribution is 5.97. The molecule has 2 N–H and O–H groups in total. The van der Waals surface area contributed by atoms with Crippen LogP contribution in [0.15, 0.2) is 18.2 Å². The Kier molecular flexibility index (Phi) is 6.94. The average Bonchev–Trinajstić information content (AvgIpc) is 3.07. The van der Waals surface area contributed by atoms with Crippen LogP contribution >= 0.6 is 0 Å². The van der Waals surface area contributed by atoms with Crippen molar-refractivity contribution in [2.75, 3.05) is 7.11 Å². The van der Waals surface area contributed by atoms with E-state index in [0.29, 0.717) is 5.56 Å². The number of amides is 3. The van der Waals surface area contributed by atoms with Crippen molar-refractivity contribution in [1.82, 2.24) is 10.6 Å². The summed E-state index contributed by atoms with van der Waals surface area (Å²) >= 11 is 0. The second kappa shape index (κ2) is 9.17. The van der Waals surface area contributed by atoms with Crippen LogP contribution in [0.3, 0.4) is 0 Å². The number of hydrogen-bond acceptors (Lipinski definition) is 5. The van der Waals surface area contributed by atoms with Gasteiger partial charge in [-0.3, -0.25) is 14.9 Å². The molecule has 1 aliphatic rings. The Bertz CT molecular complexity index is 674. The number of esters is 1. The van der Waals surface area contributed by atoms with E-state index in [1.807, 2.05) is 0 Å². The lowest BCUT2D eigenvalue weighted by Crippen LogP contribution is -2.47. The molecule has 3 amide bonds. The lowest BCUT2D eigenvalue weighted by molar-refractivity contribution is -0.153. The summed E-state index contributed by atoms with van der Waals surface area (Å²) in [6.45, 7) is 1.37. The fourth-order valence-electron chi connectivity index (χ4n) is 2.78. The zero-order valence-corrected chi connectivity index (χ0v) is 14.8. The highest BCUT2D eigenvalue weighted by Crippen LogP contribution is 2.18. The zero-order chi connectivity index (χ0) is 19.1. The first-order chi connectivity index (χ1) is 12.4. The molecule has 1 fully saturated rings. The van der Waals surface area contributed by atoms with Crippen LogP contribution in [-0.4, -0.2) is 37.2 Å². The number of rotatable bonds is 6. The van der Waals surface area contributed by atoms with E-state index in [1.54, 1.807) is 0 Å². The molecule has 0 spiro atoms. The van der Waals surface area contributed by atoms with Crippen LogP contribution in [0.25, 0.3) is 0 Å². The molecule has 0 bridgehead atoms. The average molecular weight is 366 g/mol. The van der Waals surface area contributed by atoms with Crippen LogP contribution in [0, 0.1) is 5.82 Å². The predicted octanol–water partition coefficient (Wildman–Crippen LogP) is 2.08. The molecular formula is C18H23FN2O5. The van der Waals surface area contributed by atoms with Crippen molar-refractivity contribution < 1.29 is 28.2 Å². The Balaban J connectivity index is 1.79. The van der Waals surface area contributed by atoms with Crippen LogP contribution in [0.5, 0.6) is 5.75 Å². The van der Waals surface area contributed by atoms with E-state index in [1.165, 1.54) is 32.2 Å². The number of carbonyl (C=O) groups is 3. The minimum atomic E-state index is -1.14. The number of halogens is 1. The monoisotopic (exact) mass is 366 g/mol. The first-order valence-corrected chi connectivity index (χ1v) is 8.52. The summed E-state index contributed by atoms with van der Waals surface area (Å²) in [5.41, 5.74) is 0.389. The minimum Gasteiger partial charge on any atom is -0.494 e. The van der Waals surface area contributed by atoms with Crippen LogP contribution in [0.1, 0.15) is 38.2 Å². The van der Waals surface area contributed by atoms with E-state index in [9.17, 15) is 18.8 Å². The molecule has 7 nitrogen and oxygen atoms in total. The first kappa shape index (κ1) is 19.7. The number of ether oxygens (including phenoxy) is 2. The van der Waals surface area contributed by atoms with Gasteiger partial charge in [0.05, 0.1) is 13.5 Å². The van der Waals surface area contributed by atoms with Crippen molar-refractivity contribution in [3.05, 3.63) is 29.6 Å². The minimum absolute atomic E-state index is 0.0724. The van der Waals surface area contributed by atoms with Gasteiger partial charge < -0.3 is 14.8 Å². The van der Waals surface area contributed by atoms with Crippen molar-refractivity contribution in [3.63, 3.8) is 0 Å². The zero-order valence-electron chi connectivity index (χ0n) is 14.8. The van der Waals surface area contributed by atoms with Gasteiger partial charge >= 0.3 is 12.0 Å². The third kappa shape index (κ3) is 5.72. The van der Waals surface area contributed by atoms with Crippen molar-refractivity contribution in [3.8, 4) is 5.75 Å². The van der Waals surface area contributed by atoms with E-state index in [0.717, 1.165) is 25.7 Å². The second-order valence-electron chi connectivity index (χ2n) is 6.22. The topological polar surface area (TPSA) is 93.7 Å². The lowest BCUT2D eigenvalue weighted by Gasteiger charge is -2.15. The quantitative estimate of drug-likeness (QED) is 0.752. The third-order valence-electron chi connectivity index (χ3n) is 4.17. The molecule has 0 aliphatic heterocycles. The van der Waals surface area contributed by atoms with Gasteiger partial charge in [-0.15, -0.1) is 0 Å². The van der Waals surface area contributed by atoms with Gasteiger partial charge in [-0.2, -0.15) is 0 Å². The van der Waals surface area contributed by atoms with Gasteiger partial charge in [-0.25, -0.2) is 9.18 Å². The molecule has 1 aliphatic carbocycles. The summed E-state index contributed by atoms with van der Waals surface area (Å²) < 4.78 is 23.4. The van der Waals surface area contributed by atoms with Gasteiger partial charge in [0.15, 0.2) is 17.7 Å². The normalized spacial score (nSPS) is 15.2. The summed E-state index contributed by atoms with van der Waals surface area (Å²) in [6.07, 6.45) is 2.56. The maximum Gasteiger partial charge on any atom is 0.321 e. The molecule has 142 valence electrons. The molecule has 1 aromatic carbocycles. The van der Waals surface area contributed by atoms with Gasteiger partial charge in [-0.05, 0) is 37.5 Å². The third-order valence-corrected chi connectivity index (χ3v) is 4.17. The molecule has 0 heterocycles. The SMILES string of the molecule is COc1ccc(CC(=O)O[C@H](C)C(=O)NC(=O)NC2CCCC2)cc1F. The standard InChI is InChI=1S/C18H23FN2O5/c1-11(17(23)21-18(24)20-13-5-3-4-6-13)26-16(22)10-12-7-8-15(25-2)14(19)9-12/h7-9,11,13H,3-6,10H2,1-2H3,(H2,20,21,23,24)/t11-/m1/s1. The fourth-order valence-corrected chi connectivity index (χ4v) is 2.78. The van der Waals surface area contributed by atoms with Crippen molar-refractivity contribution in [2.24, 2.45) is 0 Å². The largest absolute Gasteiger partial charge is 0.494 e. The molecule has 26 heavy (non-hydrogen) atoms. The molecular weight excluding hydrogens is 343 g/mol. The molecule has 1 aromatic rings.